The van der Waals surface area contributed by atoms with Gasteiger partial charge in [0.2, 0.25) is 5.91 Å². The van der Waals surface area contributed by atoms with E-state index in [1.807, 2.05) is 12.1 Å². The van der Waals surface area contributed by atoms with Crippen LogP contribution in [0.3, 0.4) is 0 Å². The normalized spacial score (nSPS) is 25.0. The average molecular weight is 346 g/mol. The summed E-state index contributed by atoms with van der Waals surface area (Å²) in [6.45, 7) is 3.85. The number of piperidine rings is 1. The quantitative estimate of drug-likeness (QED) is 0.829. The number of amides is 1. The molecule has 2 unspecified atom stereocenters. The average Bonchev–Trinajstić information content (AvgIpc) is 3.07. The van der Waals surface area contributed by atoms with Crippen LogP contribution in [0.4, 0.5) is 0 Å². The minimum atomic E-state index is -0.439. The molecule has 2 fully saturated rings. The number of benzene rings is 1. The lowest BCUT2D eigenvalue weighted by Gasteiger charge is -2.32. The van der Waals surface area contributed by atoms with Crippen molar-refractivity contribution in [3.63, 3.8) is 0 Å². The number of carbonyl (C=O) groups excluding carboxylic acids is 1. The Morgan fingerprint density at radius 3 is 2.52 bits per heavy atom. The maximum atomic E-state index is 12.2. The van der Waals surface area contributed by atoms with Crippen molar-refractivity contribution in [2.45, 2.75) is 44.8 Å². The summed E-state index contributed by atoms with van der Waals surface area (Å²) in [6.07, 6.45) is 4.34. The number of aliphatic hydroxyl groups excluding tert-OH is 1. The highest BCUT2D eigenvalue weighted by Crippen LogP contribution is 2.26. The smallest absolute Gasteiger partial charge is 0.225 e. The predicted molar refractivity (Wildman–Crippen MR) is 97.4 cm³/mol. The summed E-state index contributed by atoms with van der Waals surface area (Å²) in [6, 6.07) is 8.26. The van der Waals surface area contributed by atoms with Gasteiger partial charge in [-0.05, 0) is 68.8 Å². The first-order valence-corrected chi connectivity index (χ1v) is 9.47. The number of hydrogen-bond acceptors (Lipinski definition) is 4. The molecular weight excluding hydrogens is 316 g/mol. The Bertz CT molecular complexity index is 553. The van der Waals surface area contributed by atoms with Crippen molar-refractivity contribution < 1.29 is 14.6 Å². The molecule has 2 aliphatic rings. The fraction of sp³-hybridized carbons (Fsp3) is 0.650. The summed E-state index contributed by atoms with van der Waals surface area (Å²) in [7, 11) is 1.69. The van der Waals surface area contributed by atoms with E-state index < -0.39 is 6.10 Å². The highest BCUT2D eigenvalue weighted by Gasteiger charge is 2.31. The maximum Gasteiger partial charge on any atom is 0.225 e. The molecule has 138 valence electrons. The number of carbonyl (C=O) groups is 1. The summed E-state index contributed by atoms with van der Waals surface area (Å²) in [5, 5.41) is 12.9. The third-order valence-electron chi connectivity index (χ3n) is 5.65. The zero-order valence-electron chi connectivity index (χ0n) is 15.1. The molecule has 25 heavy (non-hydrogen) atoms. The number of aliphatic hydroxyl groups is 1. The molecular formula is C20H30N2O3. The van der Waals surface area contributed by atoms with Crippen molar-refractivity contribution in [2.75, 3.05) is 26.7 Å². The fourth-order valence-electron chi connectivity index (χ4n) is 3.96. The summed E-state index contributed by atoms with van der Waals surface area (Å²) >= 11 is 0. The largest absolute Gasteiger partial charge is 0.497 e. The third kappa shape index (κ3) is 4.95. The van der Waals surface area contributed by atoms with Gasteiger partial charge in [-0.25, -0.2) is 0 Å². The zero-order chi connectivity index (χ0) is 17.6. The summed E-state index contributed by atoms with van der Waals surface area (Å²) in [4.78, 5) is 14.6. The Labute approximate surface area is 150 Å². The van der Waals surface area contributed by atoms with Crippen LogP contribution in [-0.2, 0) is 11.3 Å². The van der Waals surface area contributed by atoms with Gasteiger partial charge in [0.15, 0.2) is 0 Å². The molecule has 1 aliphatic carbocycles. The van der Waals surface area contributed by atoms with Crippen LogP contribution in [0.5, 0.6) is 5.75 Å². The molecule has 3 rings (SSSR count). The van der Waals surface area contributed by atoms with Gasteiger partial charge >= 0.3 is 0 Å². The molecule has 1 heterocycles. The van der Waals surface area contributed by atoms with Crippen LogP contribution >= 0.6 is 0 Å². The minimum Gasteiger partial charge on any atom is -0.497 e. The van der Waals surface area contributed by atoms with E-state index in [1.54, 1.807) is 7.11 Å². The second kappa shape index (κ2) is 8.68. The van der Waals surface area contributed by atoms with Crippen molar-refractivity contribution in [1.29, 1.82) is 0 Å². The van der Waals surface area contributed by atoms with Crippen LogP contribution in [0.1, 0.15) is 37.7 Å². The number of hydrogen-bond donors (Lipinski definition) is 2. The number of rotatable bonds is 6. The first-order valence-electron chi connectivity index (χ1n) is 9.47. The molecule has 0 spiro atoms. The van der Waals surface area contributed by atoms with E-state index in [4.69, 9.17) is 4.74 Å². The van der Waals surface area contributed by atoms with Gasteiger partial charge in [-0.3, -0.25) is 9.69 Å². The van der Waals surface area contributed by atoms with Gasteiger partial charge in [-0.1, -0.05) is 12.1 Å². The van der Waals surface area contributed by atoms with Crippen molar-refractivity contribution in [2.24, 2.45) is 11.8 Å². The van der Waals surface area contributed by atoms with Gasteiger partial charge in [0.1, 0.15) is 5.75 Å². The van der Waals surface area contributed by atoms with Gasteiger partial charge in [0.25, 0.3) is 0 Å². The second-order valence-corrected chi connectivity index (χ2v) is 7.42. The van der Waals surface area contributed by atoms with E-state index >= 15 is 0 Å². The second-order valence-electron chi connectivity index (χ2n) is 7.42. The number of likely N-dealkylation sites (tertiary alicyclic amines) is 1. The van der Waals surface area contributed by atoms with E-state index in [1.165, 1.54) is 5.56 Å². The maximum absolute atomic E-state index is 12.2. The van der Waals surface area contributed by atoms with Crippen LogP contribution in [0.2, 0.25) is 0 Å². The van der Waals surface area contributed by atoms with E-state index in [-0.39, 0.29) is 11.8 Å². The molecule has 0 bridgehead atoms. The Kier molecular flexibility index (Phi) is 6.32. The van der Waals surface area contributed by atoms with Gasteiger partial charge < -0.3 is 15.2 Å². The Morgan fingerprint density at radius 1 is 1.20 bits per heavy atom. The molecule has 2 atom stereocenters. The summed E-state index contributed by atoms with van der Waals surface area (Å²) in [5.41, 5.74) is 1.31. The van der Waals surface area contributed by atoms with Gasteiger partial charge in [0, 0.05) is 13.1 Å². The molecule has 1 aliphatic heterocycles. The molecule has 1 amide bonds. The minimum absolute atomic E-state index is 0.0469. The fourth-order valence-corrected chi connectivity index (χ4v) is 3.96. The van der Waals surface area contributed by atoms with E-state index in [2.05, 4.69) is 22.3 Å². The van der Waals surface area contributed by atoms with Gasteiger partial charge in [0.05, 0.1) is 19.1 Å². The summed E-state index contributed by atoms with van der Waals surface area (Å²) < 4.78 is 5.20. The van der Waals surface area contributed by atoms with Crippen molar-refractivity contribution in [3.8, 4) is 5.75 Å². The van der Waals surface area contributed by atoms with Gasteiger partial charge in [-0.2, -0.15) is 0 Å². The van der Waals surface area contributed by atoms with Gasteiger partial charge in [-0.15, -0.1) is 0 Å². The lowest BCUT2D eigenvalue weighted by Crippen LogP contribution is -2.41. The number of ether oxygens (including phenoxy) is 1. The molecule has 0 aromatic heterocycles. The molecule has 5 heteroatoms. The van der Waals surface area contributed by atoms with Crippen molar-refractivity contribution in [1.82, 2.24) is 10.2 Å². The first kappa shape index (κ1) is 18.2. The molecule has 5 nitrogen and oxygen atoms in total. The van der Waals surface area contributed by atoms with Crippen LogP contribution in [0.25, 0.3) is 0 Å². The molecule has 1 saturated carbocycles. The van der Waals surface area contributed by atoms with Crippen LogP contribution < -0.4 is 10.1 Å². The molecule has 1 saturated heterocycles. The van der Waals surface area contributed by atoms with E-state index in [0.717, 1.165) is 64.0 Å². The van der Waals surface area contributed by atoms with E-state index in [0.29, 0.717) is 5.92 Å². The summed E-state index contributed by atoms with van der Waals surface area (Å²) in [5.74, 6) is 1.31. The Morgan fingerprint density at radius 2 is 1.92 bits per heavy atom. The number of methoxy groups -OCH3 is 1. The topological polar surface area (TPSA) is 61.8 Å². The SMILES string of the molecule is COc1ccc(CN2CCC(CNC(=O)C3CCCC3O)CC2)cc1. The third-order valence-corrected chi connectivity index (χ3v) is 5.65. The Balaban J connectivity index is 1.37. The molecule has 1 aromatic carbocycles. The lowest BCUT2D eigenvalue weighted by molar-refractivity contribution is -0.127. The van der Waals surface area contributed by atoms with Crippen molar-refractivity contribution >= 4 is 5.91 Å². The monoisotopic (exact) mass is 346 g/mol. The van der Waals surface area contributed by atoms with Crippen LogP contribution in [-0.4, -0.2) is 48.8 Å². The highest BCUT2D eigenvalue weighted by molar-refractivity contribution is 5.79. The van der Waals surface area contributed by atoms with Crippen molar-refractivity contribution in [3.05, 3.63) is 29.8 Å². The predicted octanol–water partition coefficient (Wildman–Crippen LogP) is 2.18. The van der Waals surface area contributed by atoms with E-state index in [9.17, 15) is 9.90 Å². The number of nitrogens with zero attached hydrogens (tertiary/aromatic N) is 1. The molecule has 0 radical (unpaired) electrons. The standard InChI is InChI=1S/C20H30N2O3/c1-25-17-7-5-16(6-8-17)14-22-11-9-15(10-12-22)13-21-20(24)18-3-2-4-19(18)23/h5-8,15,18-19,23H,2-4,9-14H2,1H3,(H,21,24). The highest BCUT2D eigenvalue weighted by atomic mass is 16.5. The Hall–Kier alpha value is -1.59. The first-order chi connectivity index (χ1) is 12.2. The van der Waals surface area contributed by atoms with Crippen LogP contribution in [0, 0.1) is 11.8 Å². The molecule has 1 aromatic rings. The lowest BCUT2D eigenvalue weighted by atomic mass is 9.95. The number of nitrogens with one attached hydrogen (secondary N) is 1. The molecule has 2 N–H and O–H groups in total. The van der Waals surface area contributed by atoms with Crippen LogP contribution in [0.15, 0.2) is 24.3 Å². The zero-order valence-corrected chi connectivity index (χ0v) is 15.1.